The Bertz CT molecular complexity index is 89.6. The molecule has 1 aliphatic heterocycles. The summed E-state index contributed by atoms with van der Waals surface area (Å²) in [7, 11) is 0. The van der Waals surface area contributed by atoms with E-state index in [4.69, 9.17) is 9.78 Å². The molecule has 1 unspecified atom stereocenters. The summed E-state index contributed by atoms with van der Waals surface area (Å²) in [5, 5.41) is 3.23. The molecule has 0 amide bonds. The lowest BCUT2D eigenvalue weighted by atomic mass is 10.2. The number of hydrogen-bond acceptors (Lipinski definition) is 3. The van der Waals surface area contributed by atoms with E-state index < -0.39 is 0 Å². The Morgan fingerprint density at radius 1 is 1.50 bits per heavy atom. The van der Waals surface area contributed by atoms with E-state index >= 15 is 0 Å². The molecule has 60 valence electrons. The van der Waals surface area contributed by atoms with Crippen LogP contribution in [0.15, 0.2) is 0 Å². The van der Waals surface area contributed by atoms with Crippen LogP contribution < -0.4 is 5.32 Å². The summed E-state index contributed by atoms with van der Waals surface area (Å²) in [6.45, 7) is 4.92. The van der Waals surface area contributed by atoms with Crippen LogP contribution in [0.4, 0.5) is 0 Å². The predicted octanol–water partition coefficient (Wildman–Crippen LogP) is 1.05. The molecule has 1 heterocycles. The van der Waals surface area contributed by atoms with Gasteiger partial charge < -0.3 is 0 Å². The van der Waals surface area contributed by atoms with E-state index in [0.717, 1.165) is 19.4 Å². The molecule has 0 aromatic rings. The average Bonchev–Trinajstić information content (AvgIpc) is 1.88. The van der Waals surface area contributed by atoms with Gasteiger partial charge >= 0.3 is 0 Å². The minimum atomic E-state index is 0.105. The molecule has 0 bridgehead atoms. The third kappa shape index (κ3) is 2.64. The number of nitrogens with one attached hydrogen (secondary N) is 1. The lowest BCUT2D eigenvalue weighted by molar-refractivity contribution is -0.351. The molecule has 3 nitrogen and oxygen atoms in total. The van der Waals surface area contributed by atoms with Crippen LogP contribution in [0.5, 0.6) is 0 Å². The van der Waals surface area contributed by atoms with Gasteiger partial charge in [-0.3, -0.25) is 5.32 Å². The highest BCUT2D eigenvalue weighted by molar-refractivity contribution is 4.60. The van der Waals surface area contributed by atoms with Gasteiger partial charge in [0.05, 0.1) is 6.61 Å². The van der Waals surface area contributed by atoms with Crippen LogP contribution in [0, 0.1) is 0 Å². The van der Waals surface area contributed by atoms with E-state index in [9.17, 15) is 0 Å². The fraction of sp³-hybridized carbons (Fsp3) is 1.00. The Hall–Kier alpha value is -0.120. The normalized spacial score (nSPS) is 27.3. The Kier molecular flexibility index (Phi) is 3.12. The van der Waals surface area contributed by atoms with Gasteiger partial charge in [0.25, 0.3) is 0 Å². The van der Waals surface area contributed by atoms with Gasteiger partial charge in [-0.05, 0) is 26.7 Å². The highest BCUT2D eigenvalue weighted by Crippen LogP contribution is 2.07. The van der Waals surface area contributed by atoms with Crippen molar-refractivity contribution in [3.63, 3.8) is 0 Å². The van der Waals surface area contributed by atoms with E-state index in [0.29, 0.717) is 6.04 Å². The molecule has 0 aliphatic carbocycles. The maximum absolute atomic E-state index is 4.98. The van der Waals surface area contributed by atoms with Crippen molar-refractivity contribution < 1.29 is 9.78 Å². The molecule has 1 rings (SSSR count). The standard InChI is InChI=1S/C7H15NO2/c1-6(2)8-7-4-3-5-9-10-7/h6-8H,3-5H2,1-2H3. The minimum absolute atomic E-state index is 0.105. The van der Waals surface area contributed by atoms with Crippen molar-refractivity contribution >= 4 is 0 Å². The van der Waals surface area contributed by atoms with Crippen molar-refractivity contribution in [1.82, 2.24) is 5.32 Å². The van der Waals surface area contributed by atoms with Crippen molar-refractivity contribution in [3.05, 3.63) is 0 Å². The summed E-state index contributed by atoms with van der Waals surface area (Å²) in [5.41, 5.74) is 0. The van der Waals surface area contributed by atoms with Gasteiger partial charge in [-0.25, -0.2) is 9.78 Å². The summed E-state index contributed by atoms with van der Waals surface area (Å²) in [5.74, 6) is 0. The molecule has 0 radical (unpaired) electrons. The zero-order chi connectivity index (χ0) is 7.40. The molecule has 1 atom stereocenters. The lowest BCUT2D eigenvalue weighted by Crippen LogP contribution is -2.39. The summed E-state index contributed by atoms with van der Waals surface area (Å²) in [4.78, 5) is 9.80. The summed E-state index contributed by atoms with van der Waals surface area (Å²) >= 11 is 0. The molecule has 1 fully saturated rings. The second kappa shape index (κ2) is 3.91. The van der Waals surface area contributed by atoms with E-state index in [-0.39, 0.29) is 6.23 Å². The van der Waals surface area contributed by atoms with Gasteiger partial charge in [0, 0.05) is 6.04 Å². The Labute approximate surface area is 61.6 Å². The SMILES string of the molecule is CC(C)NC1CCCOO1. The quantitative estimate of drug-likeness (QED) is 0.589. The third-order valence-corrected chi connectivity index (χ3v) is 1.40. The van der Waals surface area contributed by atoms with E-state index in [2.05, 4.69) is 19.2 Å². The molecular formula is C7H15NO2. The molecule has 0 spiro atoms. The van der Waals surface area contributed by atoms with Crippen molar-refractivity contribution in [1.29, 1.82) is 0 Å². The first-order valence-corrected chi connectivity index (χ1v) is 3.83. The number of rotatable bonds is 2. The molecule has 1 N–H and O–H groups in total. The Morgan fingerprint density at radius 2 is 2.30 bits per heavy atom. The van der Waals surface area contributed by atoms with Crippen molar-refractivity contribution in [2.75, 3.05) is 6.61 Å². The van der Waals surface area contributed by atoms with Gasteiger partial charge in [-0.2, -0.15) is 0 Å². The fourth-order valence-corrected chi connectivity index (χ4v) is 0.989. The van der Waals surface area contributed by atoms with Gasteiger partial charge in [0.2, 0.25) is 0 Å². The Morgan fingerprint density at radius 3 is 2.80 bits per heavy atom. The van der Waals surface area contributed by atoms with Gasteiger partial charge in [0.1, 0.15) is 6.23 Å². The zero-order valence-corrected chi connectivity index (χ0v) is 6.59. The van der Waals surface area contributed by atoms with Crippen molar-refractivity contribution in [2.24, 2.45) is 0 Å². The van der Waals surface area contributed by atoms with Crippen molar-refractivity contribution in [3.8, 4) is 0 Å². The fourth-order valence-electron chi connectivity index (χ4n) is 0.989. The minimum Gasteiger partial charge on any atom is -0.287 e. The molecule has 0 saturated carbocycles. The predicted molar refractivity (Wildman–Crippen MR) is 38.3 cm³/mol. The van der Waals surface area contributed by atoms with Crippen LogP contribution in [0.3, 0.4) is 0 Å². The lowest BCUT2D eigenvalue weighted by Gasteiger charge is -2.23. The first kappa shape index (κ1) is 7.98. The molecule has 3 heteroatoms. The van der Waals surface area contributed by atoms with Crippen LogP contribution in [0.1, 0.15) is 26.7 Å². The first-order valence-electron chi connectivity index (χ1n) is 3.83. The van der Waals surface area contributed by atoms with E-state index in [1.807, 2.05) is 0 Å². The van der Waals surface area contributed by atoms with Crippen LogP contribution in [0.2, 0.25) is 0 Å². The maximum atomic E-state index is 4.98. The van der Waals surface area contributed by atoms with Crippen LogP contribution in [-0.4, -0.2) is 18.9 Å². The van der Waals surface area contributed by atoms with Gasteiger partial charge in [-0.1, -0.05) is 0 Å². The van der Waals surface area contributed by atoms with Crippen LogP contribution >= 0.6 is 0 Å². The van der Waals surface area contributed by atoms with Crippen LogP contribution in [-0.2, 0) is 9.78 Å². The summed E-state index contributed by atoms with van der Waals surface area (Å²) in [6, 6.07) is 0.465. The largest absolute Gasteiger partial charge is 0.287 e. The van der Waals surface area contributed by atoms with E-state index in [1.54, 1.807) is 0 Å². The molecule has 0 aromatic heterocycles. The molecule has 0 aromatic carbocycles. The highest BCUT2D eigenvalue weighted by atomic mass is 17.2. The van der Waals surface area contributed by atoms with Crippen LogP contribution in [0.25, 0.3) is 0 Å². The average molecular weight is 145 g/mol. The molecular weight excluding hydrogens is 130 g/mol. The zero-order valence-electron chi connectivity index (χ0n) is 6.59. The molecule has 1 aliphatic rings. The van der Waals surface area contributed by atoms with Gasteiger partial charge in [-0.15, -0.1) is 0 Å². The topological polar surface area (TPSA) is 30.5 Å². The first-order chi connectivity index (χ1) is 4.79. The Balaban J connectivity index is 2.13. The van der Waals surface area contributed by atoms with Crippen molar-refractivity contribution in [2.45, 2.75) is 39.0 Å². The summed E-state index contributed by atoms with van der Waals surface area (Å²) in [6.07, 6.45) is 2.25. The molecule has 1 saturated heterocycles. The maximum Gasteiger partial charge on any atom is 0.144 e. The second-order valence-corrected chi connectivity index (χ2v) is 2.87. The number of hydrogen-bond donors (Lipinski definition) is 1. The molecule has 10 heavy (non-hydrogen) atoms. The third-order valence-electron chi connectivity index (χ3n) is 1.40. The highest BCUT2D eigenvalue weighted by Gasteiger charge is 2.14. The second-order valence-electron chi connectivity index (χ2n) is 2.87. The van der Waals surface area contributed by atoms with Gasteiger partial charge in [0.15, 0.2) is 0 Å². The monoisotopic (exact) mass is 145 g/mol. The smallest absolute Gasteiger partial charge is 0.144 e. The van der Waals surface area contributed by atoms with E-state index in [1.165, 1.54) is 0 Å². The summed E-state index contributed by atoms with van der Waals surface area (Å²) < 4.78 is 0.